The molecule has 20 heavy (non-hydrogen) atoms. The average Bonchev–Trinajstić information content (AvgIpc) is 2.46. The zero-order valence-corrected chi connectivity index (χ0v) is 12.8. The van der Waals surface area contributed by atoms with Crippen LogP contribution >= 0.6 is 0 Å². The van der Waals surface area contributed by atoms with E-state index in [2.05, 4.69) is 74.6 Å². The van der Waals surface area contributed by atoms with E-state index in [0.29, 0.717) is 6.04 Å². The van der Waals surface area contributed by atoms with Crippen LogP contribution in [0, 0.1) is 0 Å². The number of benzene rings is 2. The second-order valence-electron chi connectivity index (χ2n) is 5.68. The molecule has 2 rings (SSSR count). The van der Waals surface area contributed by atoms with Gasteiger partial charge in [-0.3, -0.25) is 0 Å². The van der Waals surface area contributed by atoms with E-state index in [4.69, 9.17) is 0 Å². The van der Waals surface area contributed by atoms with E-state index >= 15 is 0 Å². The molecule has 0 radical (unpaired) electrons. The van der Waals surface area contributed by atoms with Crippen LogP contribution < -0.4 is 5.32 Å². The smallest absolute Gasteiger partial charge is 0.0207 e. The Morgan fingerprint density at radius 1 is 0.900 bits per heavy atom. The molecule has 0 aliphatic heterocycles. The maximum absolute atomic E-state index is 3.45. The van der Waals surface area contributed by atoms with Gasteiger partial charge in [-0.1, -0.05) is 75.7 Å². The van der Waals surface area contributed by atoms with Gasteiger partial charge in [0.2, 0.25) is 0 Å². The highest BCUT2D eigenvalue weighted by molar-refractivity contribution is 5.64. The number of hydrogen-bond acceptors (Lipinski definition) is 1. The van der Waals surface area contributed by atoms with Crippen molar-refractivity contribution in [2.75, 3.05) is 0 Å². The van der Waals surface area contributed by atoms with Crippen molar-refractivity contribution in [1.29, 1.82) is 0 Å². The van der Waals surface area contributed by atoms with Gasteiger partial charge in [-0.25, -0.2) is 0 Å². The Labute approximate surface area is 123 Å². The number of nitrogens with one attached hydrogen (secondary N) is 1. The number of rotatable bonds is 6. The van der Waals surface area contributed by atoms with Crippen LogP contribution in [0.2, 0.25) is 0 Å². The molecule has 1 heteroatoms. The summed E-state index contributed by atoms with van der Waals surface area (Å²) in [7, 11) is 0. The van der Waals surface area contributed by atoms with Crippen molar-refractivity contribution < 1.29 is 0 Å². The first-order valence-electron chi connectivity index (χ1n) is 7.60. The fourth-order valence-electron chi connectivity index (χ4n) is 2.33. The van der Waals surface area contributed by atoms with Crippen LogP contribution in [0.5, 0.6) is 0 Å². The Kier molecular flexibility index (Phi) is 5.37. The Morgan fingerprint density at radius 2 is 1.65 bits per heavy atom. The predicted molar refractivity (Wildman–Crippen MR) is 87.8 cm³/mol. The quantitative estimate of drug-likeness (QED) is 0.792. The summed E-state index contributed by atoms with van der Waals surface area (Å²) in [6.07, 6.45) is 2.35. The van der Waals surface area contributed by atoms with Crippen molar-refractivity contribution in [1.82, 2.24) is 5.32 Å². The van der Waals surface area contributed by atoms with E-state index in [-0.39, 0.29) is 0 Å². The van der Waals surface area contributed by atoms with Crippen LogP contribution in [-0.4, -0.2) is 6.04 Å². The minimum atomic E-state index is 0.528. The molecule has 1 nitrogen and oxygen atoms in total. The van der Waals surface area contributed by atoms with Gasteiger partial charge in [0.1, 0.15) is 0 Å². The van der Waals surface area contributed by atoms with Gasteiger partial charge in [0.05, 0.1) is 0 Å². The fourth-order valence-corrected chi connectivity index (χ4v) is 2.33. The maximum Gasteiger partial charge on any atom is 0.0207 e. The van der Waals surface area contributed by atoms with Crippen molar-refractivity contribution in [3.05, 3.63) is 59.7 Å². The van der Waals surface area contributed by atoms with Gasteiger partial charge in [0.15, 0.2) is 0 Å². The monoisotopic (exact) mass is 267 g/mol. The number of aryl methyl sites for hydroxylation is 1. The summed E-state index contributed by atoms with van der Waals surface area (Å²) < 4.78 is 0. The lowest BCUT2D eigenvalue weighted by Gasteiger charge is -2.09. The Bertz CT molecular complexity index is 526. The van der Waals surface area contributed by atoms with Gasteiger partial charge < -0.3 is 5.32 Å². The van der Waals surface area contributed by atoms with Gasteiger partial charge in [0, 0.05) is 12.6 Å². The molecule has 0 fully saturated rings. The molecule has 0 bridgehead atoms. The second-order valence-corrected chi connectivity index (χ2v) is 5.68. The first kappa shape index (κ1) is 14.8. The minimum Gasteiger partial charge on any atom is -0.310 e. The molecular formula is C19H25N. The largest absolute Gasteiger partial charge is 0.310 e. The second kappa shape index (κ2) is 7.25. The van der Waals surface area contributed by atoms with Crippen LogP contribution in [0.4, 0.5) is 0 Å². The zero-order chi connectivity index (χ0) is 14.4. The molecule has 0 aromatic heterocycles. The van der Waals surface area contributed by atoms with Gasteiger partial charge in [0.25, 0.3) is 0 Å². The normalized spacial score (nSPS) is 11.0. The van der Waals surface area contributed by atoms with E-state index in [1.807, 2.05) is 0 Å². The SMILES string of the molecule is CCCc1cccc(-c2ccc(CNC(C)C)cc2)c1. The summed E-state index contributed by atoms with van der Waals surface area (Å²) in [6.45, 7) is 7.51. The Morgan fingerprint density at radius 3 is 2.30 bits per heavy atom. The molecule has 0 aliphatic rings. The predicted octanol–water partition coefficient (Wildman–Crippen LogP) is 4.80. The molecule has 0 heterocycles. The van der Waals surface area contributed by atoms with Crippen LogP contribution in [0.1, 0.15) is 38.3 Å². The third-order valence-electron chi connectivity index (χ3n) is 3.47. The molecule has 0 aliphatic carbocycles. The molecule has 0 amide bonds. The lowest BCUT2D eigenvalue weighted by atomic mass is 10.00. The van der Waals surface area contributed by atoms with Crippen molar-refractivity contribution in [2.24, 2.45) is 0 Å². The van der Waals surface area contributed by atoms with E-state index in [0.717, 1.165) is 13.0 Å². The van der Waals surface area contributed by atoms with E-state index in [9.17, 15) is 0 Å². The van der Waals surface area contributed by atoms with Crippen LogP contribution in [0.25, 0.3) is 11.1 Å². The van der Waals surface area contributed by atoms with Crippen molar-refractivity contribution in [2.45, 2.75) is 46.2 Å². The average molecular weight is 267 g/mol. The highest BCUT2D eigenvalue weighted by Gasteiger charge is 2.00. The standard InChI is InChI=1S/C19H25N/c1-4-6-16-7-5-8-19(13-16)18-11-9-17(10-12-18)14-20-15(2)3/h5,7-13,15,20H,4,6,14H2,1-3H3. The van der Waals surface area contributed by atoms with Crippen LogP contribution in [0.15, 0.2) is 48.5 Å². The molecule has 0 spiro atoms. The van der Waals surface area contributed by atoms with Crippen LogP contribution in [0.3, 0.4) is 0 Å². The van der Waals surface area contributed by atoms with Gasteiger partial charge in [-0.2, -0.15) is 0 Å². The summed E-state index contributed by atoms with van der Waals surface area (Å²) in [4.78, 5) is 0. The van der Waals surface area contributed by atoms with Crippen LogP contribution in [-0.2, 0) is 13.0 Å². The van der Waals surface area contributed by atoms with Crippen molar-refractivity contribution in [3.63, 3.8) is 0 Å². The van der Waals surface area contributed by atoms with Crippen molar-refractivity contribution >= 4 is 0 Å². The molecule has 106 valence electrons. The molecule has 0 saturated heterocycles. The van der Waals surface area contributed by atoms with Gasteiger partial charge >= 0.3 is 0 Å². The summed E-state index contributed by atoms with van der Waals surface area (Å²) in [5.41, 5.74) is 5.39. The number of hydrogen-bond donors (Lipinski definition) is 1. The molecular weight excluding hydrogens is 242 g/mol. The lowest BCUT2D eigenvalue weighted by Crippen LogP contribution is -2.21. The highest BCUT2D eigenvalue weighted by Crippen LogP contribution is 2.21. The van der Waals surface area contributed by atoms with E-state index in [1.165, 1.54) is 28.7 Å². The van der Waals surface area contributed by atoms with Gasteiger partial charge in [-0.15, -0.1) is 0 Å². The highest BCUT2D eigenvalue weighted by atomic mass is 14.9. The first-order valence-corrected chi connectivity index (χ1v) is 7.60. The third kappa shape index (κ3) is 4.21. The summed E-state index contributed by atoms with van der Waals surface area (Å²) >= 11 is 0. The lowest BCUT2D eigenvalue weighted by molar-refractivity contribution is 0.589. The molecule has 0 atom stereocenters. The zero-order valence-electron chi connectivity index (χ0n) is 12.8. The van der Waals surface area contributed by atoms with Gasteiger partial charge in [-0.05, 0) is 28.7 Å². The third-order valence-corrected chi connectivity index (χ3v) is 3.47. The maximum atomic E-state index is 3.45. The molecule has 0 unspecified atom stereocenters. The molecule has 2 aromatic rings. The summed E-state index contributed by atoms with van der Waals surface area (Å²) in [5, 5.41) is 3.45. The summed E-state index contributed by atoms with van der Waals surface area (Å²) in [6, 6.07) is 18.3. The first-order chi connectivity index (χ1) is 9.69. The molecule has 0 saturated carbocycles. The Hall–Kier alpha value is -1.60. The van der Waals surface area contributed by atoms with E-state index < -0.39 is 0 Å². The topological polar surface area (TPSA) is 12.0 Å². The van der Waals surface area contributed by atoms with E-state index in [1.54, 1.807) is 0 Å². The molecule has 2 aromatic carbocycles. The fraction of sp³-hybridized carbons (Fsp3) is 0.368. The minimum absolute atomic E-state index is 0.528. The molecule has 1 N–H and O–H groups in total. The Balaban J connectivity index is 2.11. The summed E-state index contributed by atoms with van der Waals surface area (Å²) in [5.74, 6) is 0. The van der Waals surface area contributed by atoms with Crippen molar-refractivity contribution in [3.8, 4) is 11.1 Å².